The third-order valence-corrected chi connectivity index (χ3v) is 8.70. The first-order valence-corrected chi connectivity index (χ1v) is 18.0. The lowest BCUT2D eigenvalue weighted by molar-refractivity contribution is -0.145. The van der Waals surface area contributed by atoms with Crippen molar-refractivity contribution in [3.63, 3.8) is 0 Å². The zero-order valence-electron chi connectivity index (χ0n) is 31.6. The van der Waals surface area contributed by atoms with Crippen molar-refractivity contribution >= 4 is 47.4 Å². The zero-order valence-corrected chi connectivity index (χ0v) is 31.6. The molecule has 2 aromatic rings. The Morgan fingerprint density at radius 1 is 0.804 bits per heavy atom. The number of carboxylic acid groups (broad SMARTS) is 1. The van der Waals surface area contributed by atoms with Crippen molar-refractivity contribution in [1.82, 2.24) is 36.6 Å². The Labute approximate surface area is 323 Å². The highest BCUT2D eigenvalue weighted by molar-refractivity contribution is 5.97. The van der Waals surface area contributed by atoms with Gasteiger partial charge < -0.3 is 64.7 Å². The molecule has 1 aromatic carbocycles. The van der Waals surface area contributed by atoms with Crippen molar-refractivity contribution in [2.75, 3.05) is 6.54 Å². The van der Waals surface area contributed by atoms with Crippen LogP contribution in [0.5, 0.6) is 0 Å². The molecule has 2 rings (SSSR count). The Bertz CT molecular complexity index is 1650. The van der Waals surface area contributed by atoms with Crippen LogP contribution in [0.1, 0.15) is 57.7 Å². The molecule has 0 aliphatic carbocycles. The largest absolute Gasteiger partial charge is 0.480 e. The molecule has 21 nitrogen and oxygen atoms in total. The fourth-order valence-electron chi connectivity index (χ4n) is 5.38. The van der Waals surface area contributed by atoms with Crippen LogP contribution in [-0.2, 0) is 46.4 Å². The van der Waals surface area contributed by atoms with E-state index in [-0.39, 0.29) is 38.2 Å². The topological polar surface area (TPSA) is 365 Å². The van der Waals surface area contributed by atoms with E-state index in [1.807, 2.05) is 0 Å². The first-order chi connectivity index (χ1) is 26.4. The summed E-state index contributed by atoms with van der Waals surface area (Å²) >= 11 is 0. The number of carbonyl (C=O) groups excluding carboxylic acids is 6. The van der Waals surface area contributed by atoms with Gasteiger partial charge in [0.25, 0.3) is 0 Å². The van der Waals surface area contributed by atoms with Gasteiger partial charge in [0, 0.05) is 31.3 Å². The van der Waals surface area contributed by atoms with Crippen LogP contribution < -0.4 is 49.5 Å². The molecule has 0 aliphatic rings. The Kier molecular flexibility index (Phi) is 18.9. The second-order valence-electron chi connectivity index (χ2n) is 13.3. The quantitative estimate of drug-likeness (QED) is 0.0278. The minimum atomic E-state index is -1.70. The maximum Gasteiger partial charge on any atom is 0.328 e. The van der Waals surface area contributed by atoms with Crippen molar-refractivity contribution in [2.24, 2.45) is 33.8 Å². The van der Waals surface area contributed by atoms with Crippen LogP contribution in [0, 0.1) is 5.92 Å². The van der Waals surface area contributed by atoms with Crippen molar-refractivity contribution < 1.29 is 43.8 Å². The van der Waals surface area contributed by atoms with Crippen LogP contribution in [0.15, 0.2) is 47.8 Å². The number of rotatable bonds is 24. The van der Waals surface area contributed by atoms with Gasteiger partial charge in [-0.05, 0) is 31.2 Å². The minimum Gasteiger partial charge on any atom is -0.480 e. The second kappa shape index (κ2) is 23.0. The van der Waals surface area contributed by atoms with Gasteiger partial charge in [-0.2, -0.15) is 0 Å². The molecule has 308 valence electrons. The molecular weight excluding hydrogens is 732 g/mol. The van der Waals surface area contributed by atoms with Gasteiger partial charge in [-0.1, -0.05) is 50.6 Å². The Morgan fingerprint density at radius 3 is 1.91 bits per heavy atom. The van der Waals surface area contributed by atoms with Crippen molar-refractivity contribution in [3.05, 3.63) is 54.1 Å². The normalized spacial score (nSPS) is 15.2. The van der Waals surface area contributed by atoms with Gasteiger partial charge in [-0.3, -0.25) is 33.8 Å². The van der Waals surface area contributed by atoms with Gasteiger partial charge in [0.1, 0.15) is 24.2 Å². The molecule has 0 unspecified atom stereocenters. The van der Waals surface area contributed by atoms with Gasteiger partial charge in [0.15, 0.2) is 12.0 Å². The van der Waals surface area contributed by atoms with Crippen molar-refractivity contribution in [1.29, 1.82) is 0 Å². The van der Waals surface area contributed by atoms with Gasteiger partial charge >= 0.3 is 5.97 Å². The van der Waals surface area contributed by atoms with Gasteiger partial charge in [0.2, 0.25) is 35.4 Å². The highest BCUT2D eigenvalue weighted by Gasteiger charge is 2.35. The molecule has 0 fully saturated rings. The molecule has 0 bridgehead atoms. The number of nitrogens with zero attached hydrogens (tertiary/aromatic N) is 2. The number of guanidine groups is 1. The molecule has 1 heterocycles. The van der Waals surface area contributed by atoms with Crippen LogP contribution >= 0.6 is 0 Å². The Hall–Kier alpha value is -6.09. The number of H-pyrrole nitrogens is 1. The maximum atomic E-state index is 14.0. The number of aliphatic hydroxyl groups excluding tert-OH is 1. The molecule has 6 amide bonds. The number of hydrogen-bond acceptors (Lipinski definition) is 11. The van der Waals surface area contributed by atoms with E-state index >= 15 is 0 Å². The van der Waals surface area contributed by atoms with Crippen LogP contribution in [-0.4, -0.2) is 116 Å². The second-order valence-corrected chi connectivity index (χ2v) is 13.3. The van der Waals surface area contributed by atoms with E-state index in [4.69, 9.17) is 22.9 Å². The first kappa shape index (κ1) is 46.1. The molecule has 1 aromatic heterocycles. The van der Waals surface area contributed by atoms with Gasteiger partial charge in [-0.15, -0.1) is 0 Å². The number of imidazole rings is 1. The summed E-state index contributed by atoms with van der Waals surface area (Å²) in [5.74, 6) is -7.20. The third kappa shape index (κ3) is 15.7. The molecule has 56 heavy (non-hydrogen) atoms. The van der Waals surface area contributed by atoms with E-state index < -0.39 is 96.1 Å². The highest BCUT2D eigenvalue weighted by Crippen LogP contribution is 2.12. The standard InChI is InChI=1S/C35H54N12O9/c1-4-18(2)27(46-31(52)24(13-20-9-6-5-7-10-20)44-29(50)22(36)15-26(37)49)33(54)43-23(11-8-12-41-35(38)39)30(51)45-25(14-21-16-40-17-42-21)32(53)47-28(19(3)48)34(55)56/h5-7,9-10,16-19,22-25,27-28,48H,4,8,11-15,36H2,1-3H3,(H2,37,49)(H,40,42)(H,43,54)(H,44,50)(H,45,51)(H,46,52)(H,47,53)(H,55,56)(H4,38,39,41)/t18-,19+,22-,23-,24-,25-,27-,28-/m0/s1. The minimum absolute atomic E-state index is 0.00997. The van der Waals surface area contributed by atoms with E-state index in [0.29, 0.717) is 17.7 Å². The number of amides is 6. The van der Waals surface area contributed by atoms with Gasteiger partial charge in [0.05, 0.1) is 24.9 Å². The molecule has 0 saturated heterocycles. The van der Waals surface area contributed by atoms with Crippen molar-refractivity contribution in [2.45, 2.75) is 102 Å². The molecule has 0 spiro atoms. The lowest BCUT2D eigenvalue weighted by atomic mass is 9.96. The summed E-state index contributed by atoms with van der Waals surface area (Å²) in [6.45, 7) is 4.71. The third-order valence-electron chi connectivity index (χ3n) is 8.70. The lowest BCUT2D eigenvalue weighted by Gasteiger charge is -2.29. The Balaban J connectivity index is 2.41. The first-order valence-electron chi connectivity index (χ1n) is 18.0. The van der Waals surface area contributed by atoms with E-state index in [0.717, 1.165) is 0 Å². The fourth-order valence-corrected chi connectivity index (χ4v) is 5.38. The van der Waals surface area contributed by atoms with Crippen LogP contribution in [0.4, 0.5) is 0 Å². The van der Waals surface area contributed by atoms with E-state index in [2.05, 4.69) is 41.5 Å². The fraction of sp³-hybridized carbons (Fsp3) is 0.514. The number of carboxylic acids is 1. The summed E-state index contributed by atoms with van der Waals surface area (Å²) in [6.07, 6.45) is 1.10. The number of aliphatic imine (C=N–C) groups is 1. The number of primary amides is 1. The molecule has 0 saturated carbocycles. The number of nitrogens with one attached hydrogen (secondary N) is 6. The number of hydrogen-bond donors (Lipinski definition) is 12. The number of aliphatic hydroxyl groups is 1. The predicted octanol–water partition coefficient (Wildman–Crippen LogP) is -3.61. The highest BCUT2D eigenvalue weighted by atomic mass is 16.4. The number of aromatic nitrogens is 2. The average molecular weight is 787 g/mol. The average Bonchev–Trinajstić information content (AvgIpc) is 3.65. The summed E-state index contributed by atoms with van der Waals surface area (Å²) < 4.78 is 0. The van der Waals surface area contributed by atoms with Crippen LogP contribution in [0.2, 0.25) is 0 Å². The van der Waals surface area contributed by atoms with Gasteiger partial charge in [-0.25, -0.2) is 9.78 Å². The molecule has 0 aliphatic heterocycles. The van der Waals surface area contributed by atoms with Crippen LogP contribution in [0.3, 0.4) is 0 Å². The summed E-state index contributed by atoms with van der Waals surface area (Å²) in [5, 5.41) is 32.1. The van der Waals surface area contributed by atoms with Crippen molar-refractivity contribution in [3.8, 4) is 0 Å². The number of nitrogens with two attached hydrogens (primary N) is 4. The van der Waals surface area contributed by atoms with E-state index in [1.54, 1.807) is 44.2 Å². The number of benzene rings is 1. The number of aromatic amines is 1. The summed E-state index contributed by atoms with van der Waals surface area (Å²) in [6, 6.07) is 0.407. The van der Waals surface area contributed by atoms with E-state index in [1.165, 1.54) is 19.4 Å². The monoisotopic (exact) mass is 786 g/mol. The summed E-state index contributed by atoms with van der Waals surface area (Å²) in [5.41, 5.74) is 23.0. The predicted molar refractivity (Wildman–Crippen MR) is 203 cm³/mol. The molecule has 0 radical (unpaired) electrons. The zero-order chi connectivity index (χ0) is 41.9. The summed E-state index contributed by atoms with van der Waals surface area (Å²) in [4.78, 5) is 102. The molecule has 16 N–H and O–H groups in total. The molecule has 21 heteroatoms. The smallest absolute Gasteiger partial charge is 0.328 e. The number of aliphatic carboxylic acids is 1. The molecular formula is C35H54N12O9. The molecule has 8 atom stereocenters. The van der Waals surface area contributed by atoms with Crippen LogP contribution in [0.25, 0.3) is 0 Å². The lowest BCUT2D eigenvalue weighted by Crippen LogP contribution is -2.61. The number of carbonyl (C=O) groups is 7. The SMILES string of the molecule is CC[C@H](C)[C@H](NC(=O)[C@H](Cc1ccccc1)NC(=O)[C@@H](N)CC(N)=O)C(=O)N[C@@H](CCCN=C(N)N)C(=O)N[C@@H](Cc1cnc[nH]1)C(=O)N[C@H](C(=O)O)[C@@H](C)O. The Morgan fingerprint density at radius 2 is 1.38 bits per heavy atom. The maximum absolute atomic E-state index is 14.0. The van der Waals surface area contributed by atoms with E-state index in [9.17, 15) is 43.8 Å². The summed E-state index contributed by atoms with van der Waals surface area (Å²) in [7, 11) is 0.